The number of thioether (sulfide) groups is 1. The van der Waals surface area contributed by atoms with E-state index in [1.54, 1.807) is 0 Å². The van der Waals surface area contributed by atoms with Gasteiger partial charge < -0.3 is 9.88 Å². The van der Waals surface area contributed by atoms with Crippen molar-refractivity contribution >= 4 is 34.4 Å². The molecule has 0 aliphatic carbocycles. The van der Waals surface area contributed by atoms with Crippen LogP contribution in [0.3, 0.4) is 0 Å². The number of hydrogen-bond donors (Lipinski definition) is 1. The van der Waals surface area contributed by atoms with Gasteiger partial charge in [-0.25, -0.2) is 4.98 Å². The highest BCUT2D eigenvalue weighted by Gasteiger charge is 2.17. The number of fused-ring (bicyclic) bond motifs is 1. The first-order valence-corrected chi connectivity index (χ1v) is 9.99. The number of nitrogens with one attached hydrogen (secondary N) is 1. The third-order valence-corrected chi connectivity index (χ3v) is 5.72. The average Bonchev–Trinajstić information content (AvgIpc) is 2.93. The van der Waals surface area contributed by atoms with Crippen molar-refractivity contribution in [3.63, 3.8) is 0 Å². The van der Waals surface area contributed by atoms with Crippen LogP contribution in [0.4, 0.5) is 11.6 Å². The van der Waals surface area contributed by atoms with Crippen LogP contribution in [-0.2, 0) is 6.54 Å². The summed E-state index contributed by atoms with van der Waals surface area (Å²) in [6.45, 7) is 7.90. The number of benzene rings is 2. The van der Waals surface area contributed by atoms with E-state index in [9.17, 15) is 0 Å². The van der Waals surface area contributed by atoms with Crippen molar-refractivity contribution in [3.05, 3.63) is 54.6 Å². The average molecular weight is 354 g/mol. The quantitative estimate of drug-likeness (QED) is 0.531. The molecule has 0 radical (unpaired) electrons. The normalized spacial score (nSPS) is 11.8. The van der Waals surface area contributed by atoms with Crippen LogP contribution in [0.2, 0.25) is 0 Å². The number of nitrogens with zero attached hydrogens (tertiary/aromatic N) is 2. The lowest BCUT2D eigenvalue weighted by Crippen LogP contribution is -2.16. The van der Waals surface area contributed by atoms with Crippen molar-refractivity contribution in [2.24, 2.45) is 0 Å². The zero-order chi connectivity index (χ0) is 17.7. The van der Waals surface area contributed by atoms with E-state index in [1.165, 1.54) is 18.4 Å². The van der Waals surface area contributed by atoms with E-state index in [0.717, 1.165) is 29.5 Å². The third kappa shape index (κ3) is 4.57. The first-order valence-electron chi connectivity index (χ1n) is 9.00. The van der Waals surface area contributed by atoms with Crippen LogP contribution in [0.5, 0.6) is 0 Å². The topological polar surface area (TPSA) is 29.9 Å². The van der Waals surface area contributed by atoms with Gasteiger partial charge in [0, 0.05) is 22.7 Å². The molecule has 1 heterocycles. The zero-order valence-corrected chi connectivity index (χ0v) is 16.1. The molecule has 3 aromatic rings. The molecular formula is C21H27N3S. The Hall–Kier alpha value is -1.94. The lowest BCUT2D eigenvalue weighted by Gasteiger charge is -2.23. The molecule has 0 saturated carbocycles. The summed E-state index contributed by atoms with van der Waals surface area (Å²) in [5.41, 5.74) is 3.30. The maximum Gasteiger partial charge on any atom is 0.208 e. The van der Waals surface area contributed by atoms with Crippen LogP contribution in [0, 0.1) is 0 Å². The molecule has 0 amide bonds. The molecule has 0 fully saturated rings. The number of imidazole rings is 1. The molecule has 0 atom stereocenters. The van der Waals surface area contributed by atoms with Crippen molar-refractivity contribution in [3.8, 4) is 0 Å². The Kier molecular flexibility index (Phi) is 5.69. The van der Waals surface area contributed by atoms with Gasteiger partial charge in [-0.2, -0.15) is 11.8 Å². The van der Waals surface area contributed by atoms with E-state index in [0.29, 0.717) is 4.75 Å². The minimum absolute atomic E-state index is 0.332. The summed E-state index contributed by atoms with van der Waals surface area (Å²) in [4.78, 5) is 4.80. The van der Waals surface area contributed by atoms with E-state index in [1.807, 2.05) is 36.0 Å². The Morgan fingerprint density at radius 2 is 1.76 bits per heavy atom. The number of para-hydroxylation sites is 3. The molecule has 0 spiro atoms. The van der Waals surface area contributed by atoms with Crippen molar-refractivity contribution in [2.75, 3.05) is 11.1 Å². The highest BCUT2D eigenvalue weighted by molar-refractivity contribution is 8.00. The van der Waals surface area contributed by atoms with Crippen LogP contribution in [0.1, 0.15) is 33.6 Å². The molecular weight excluding hydrogens is 326 g/mol. The fourth-order valence-corrected chi connectivity index (χ4v) is 4.31. The Bertz CT molecular complexity index is 808. The number of aromatic nitrogens is 2. The van der Waals surface area contributed by atoms with Gasteiger partial charge in [0.25, 0.3) is 0 Å². The Morgan fingerprint density at radius 3 is 2.52 bits per heavy atom. The van der Waals surface area contributed by atoms with Gasteiger partial charge >= 0.3 is 0 Å². The van der Waals surface area contributed by atoms with Gasteiger partial charge in [0.15, 0.2) is 0 Å². The minimum atomic E-state index is 0.332. The summed E-state index contributed by atoms with van der Waals surface area (Å²) in [6.07, 6.45) is 2.48. The first-order chi connectivity index (χ1) is 12.1. The monoisotopic (exact) mass is 353 g/mol. The molecule has 3 nitrogen and oxygen atoms in total. The van der Waals surface area contributed by atoms with Crippen LogP contribution < -0.4 is 5.32 Å². The first kappa shape index (κ1) is 17.9. The summed E-state index contributed by atoms with van der Waals surface area (Å²) in [7, 11) is 0. The van der Waals surface area contributed by atoms with Crippen molar-refractivity contribution < 1.29 is 0 Å². The molecule has 0 aliphatic rings. The highest BCUT2D eigenvalue weighted by Crippen LogP contribution is 2.30. The Labute approximate surface area is 154 Å². The standard InChI is InChI=1S/C21H27N3S/c1-4-14-21(2,3)25-16-15-24-19-13-9-8-12-18(19)23-20(24)22-17-10-6-5-7-11-17/h5-13H,4,14-16H2,1-3H3,(H,22,23). The third-order valence-electron chi connectivity index (χ3n) is 4.34. The van der Waals surface area contributed by atoms with Gasteiger partial charge in [-0.15, -0.1) is 0 Å². The maximum atomic E-state index is 4.80. The number of hydrogen-bond acceptors (Lipinski definition) is 3. The van der Waals surface area contributed by atoms with Gasteiger partial charge in [0.2, 0.25) is 5.95 Å². The van der Waals surface area contributed by atoms with E-state index in [4.69, 9.17) is 4.98 Å². The number of rotatable bonds is 8. The fraction of sp³-hybridized carbons (Fsp3) is 0.381. The number of aryl methyl sites for hydroxylation is 1. The molecule has 3 rings (SSSR count). The van der Waals surface area contributed by atoms with Gasteiger partial charge in [0.05, 0.1) is 11.0 Å². The highest BCUT2D eigenvalue weighted by atomic mass is 32.2. The van der Waals surface area contributed by atoms with E-state index >= 15 is 0 Å². The second-order valence-corrected chi connectivity index (χ2v) is 8.73. The van der Waals surface area contributed by atoms with E-state index in [-0.39, 0.29) is 0 Å². The molecule has 1 N–H and O–H groups in total. The summed E-state index contributed by atoms with van der Waals surface area (Å²) in [5.74, 6) is 2.00. The second-order valence-electron chi connectivity index (χ2n) is 6.92. The van der Waals surface area contributed by atoms with Crippen LogP contribution in [0.25, 0.3) is 11.0 Å². The van der Waals surface area contributed by atoms with E-state index < -0.39 is 0 Å². The summed E-state index contributed by atoms with van der Waals surface area (Å²) >= 11 is 2.05. The predicted octanol–water partition coefficient (Wildman–Crippen LogP) is 6.09. The summed E-state index contributed by atoms with van der Waals surface area (Å²) < 4.78 is 2.63. The Balaban J connectivity index is 1.81. The molecule has 0 saturated heterocycles. The van der Waals surface area contributed by atoms with Gasteiger partial charge in [-0.1, -0.05) is 57.5 Å². The van der Waals surface area contributed by atoms with Crippen LogP contribution >= 0.6 is 11.8 Å². The molecule has 2 aromatic carbocycles. The zero-order valence-electron chi connectivity index (χ0n) is 15.3. The molecule has 25 heavy (non-hydrogen) atoms. The summed E-state index contributed by atoms with van der Waals surface area (Å²) in [5, 5.41) is 3.48. The maximum absolute atomic E-state index is 4.80. The smallest absolute Gasteiger partial charge is 0.208 e. The lowest BCUT2D eigenvalue weighted by atomic mass is 10.1. The molecule has 132 valence electrons. The van der Waals surface area contributed by atoms with Gasteiger partial charge in [-0.3, -0.25) is 0 Å². The second kappa shape index (κ2) is 7.96. The minimum Gasteiger partial charge on any atom is -0.326 e. The van der Waals surface area contributed by atoms with Gasteiger partial charge in [-0.05, 0) is 30.7 Å². The number of anilines is 2. The van der Waals surface area contributed by atoms with Gasteiger partial charge in [0.1, 0.15) is 0 Å². The van der Waals surface area contributed by atoms with Crippen LogP contribution in [-0.4, -0.2) is 20.1 Å². The largest absolute Gasteiger partial charge is 0.326 e. The summed E-state index contributed by atoms with van der Waals surface area (Å²) in [6, 6.07) is 18.6. The fourth-order valence-electron chi connectivity index (χ4n) is 3.14. The molecule has 4 heteroatoms. The Morgan fingerprint density at radius 1 is 1.04 bits per heavy atom. The molecule has 0 aliphatic heterocycles. The molecule has 1 aromatic heterocycles. The lowest BCUT2D eigenvalue weighted by molar-refractivity contribution is 0.624. The van der Waals surface area contributed by atoms with Crippen LogP contribution in [0.15, 0.2) is 54.6 Å². The van der Waals surface area contributed by atoms with Crippen molar-refractivity contribution in [1.29, 1.82) is 0 Å². The molecule has 0 bridgehead atoms. The van der Waals surface area contributed by atoms with E-state index in [2.05, 4.69) is 61.0 Å². The molecule has 0 unspecified atom stereocenters. The van der Waals surface area contributed by atoms with Crippen molar-refractivity contribution in [2.45, 2.75) is 44.9 Å². The SMILES string of the molecule is CCCC(C)(C)SCCn1c(Nc2ccccc2)nc2ccccc21. The predicted molar refractivity (Wildman–Crippen MR) is 111 cm³/mol. The van der Waals surface area contributed by atoms with Crippen molar-refractivity contribution in [1.82, 2.24) is 9.55 Å².